The zero-order valence-electron chi connectivity index (χ0n) is 13.2. The fourth-order valence-corrected chi connectivity index (χ4v) is 5.46. The predicted molar refractivity (Wildman–Crippen MR) is 92.7 cm³/mol. The third-order valence-electron chi connectivity index (χ3n) is 4.09. The Bertz CT molecular complexity index is 756. The number of rotatable bonds is 6. The molecule has 2 aromatic rings. The van der Waals surface area contributed by atoms with Gasteiger partial charge in [0, 0.05) is 30.7 Å². The number of benzene rings is 1. The average molecular weight is 369 g/mol. The number of hydrogen-bond donors (Lipinski definition) is 0. The Morgan fingerprint density at radius 1 is 1.21 bits per heavy atom. The Hall–Kier alpha value is -1.28. The Labute approximate surface area is 145 Å². The standard InChI is InChI=1S/C17H20FNO3S2/c18-15-4-1-3-14(11-15)13-24(20,21)19(12-17-5-2-10-23-17)16-6-8-22-9-7-16/h1-5,10-11,16H,6-9,12-13H2. The smallest absolute Gasteiger partial charge is 0.218 e. The minimum Gasteiger partial charge on any atom is -0.381 e. The van der Waals surface area contributed by atoms with Crippen molar-refractivity contribution >= 4 is 21.4 Å². The summed E-state index contributed by atoms with van der Waals surface area (Å²) in [6.45, 7) is 1.50. The third kappa shape index (κ3) is 4.42. The molecule has 0 unspecified atom stereocenters. The van der Waals surface area contributed by atoms with Gasteiger partial charge in [0.05, 0.1) is 5.75 Å². The Morgan fingerprint density at radius 3 is 2.67 bits per heavy atom. The van der Waals surface area contributed by atoms with Crippen molar-refractivity contribution in [2.24, 2.45) is 0 Å². The Kier molecular flexibility index (Phi) is 5.65. The van der Waals surface area contributed by atoms with Crippen LogP contribution in [-0.4, -0.2) is 32.0 Å². The fourth-order valence-electron chi connectivity index (χ4n) is 2.90. The van der Waals surface area contributed by atoms with E-state index >= 15 is 0 Å². The molecule has 4 nitrogen and oxygen atoms in total. The number of nitrogens with zero attached hydrogens (tertiary/aromatic N) is 1. The van der Waals surface area contributed by atoms with Crippen LogP contribution in [0.2, 0.25) is 0 Å². The quantitative estimate of drug-likeness (QED) is 0.784. The van der Waals surface area contributed by atoms with E-state index in [-0.39, 0.29) is 11.8 Å². The number of thiophene rings is 1. The van der Waals surface area contributed by atoms with Gasteiger partial charge >= 0.3 is 0 Å². The van der Waals surface area contributed by atoms with Crippen molar-refractivity contribution < 1.29 is 17.5 Å². The van der Waals surface area contributed by atoms with E-state index in [1.807, 2.05) is 17.5 Å². The maximum Gasteiger partial charge on any atom is 0.218 e. The molecule has 0 amide bonds. The van der Waals surface area contributed by atoms with Crippen LogP contribution in [0.3, 0.4) is 0 Å². The number of hydrogen-bond acceptors (Lipinski definition) is 4. The van der Waals surface area contributed by atoms with Crippen LogP contribution in [0.1, 0.15) is 23.3 Å². The van der Waals surface area contributed by atoms with Gasteiger partial charge in [-0.2, -0.15) is 4.31 Å². The first-order valence-corrected chi connectivity index (χ1v) is 10.4. The van der Waals surface area contributed by atoms with Gasteiger partial charge in [0.2, 0.25) is 10.0 Å². The van der Waals surface area contributed by atoms with Gasteiger partial charge in [0.15, 0.2) is 0 Å². The second-order valence-corrected chi connectivity index (χ2v) is 8.81. The zero-order valence-corrected chi connectivity index (χ0v) is 14.9. The lowest BCUT2D eigenvalue weighted by molar-refractivity contribution is 0.0571. The van der Waals surface area contributed by atoms with E-state index in [0.29, 0.717) is 38.2 Å². The highest BCUT2D eigenvalue weighted by Gasteiger charge is 2.31. The molecule has 1 fully saturated rings. The monoisotopic (exact) mass is 369 g/mol. The van der Waals surface area contributed by atoms with Crippen molar-refractivity contribution in [2.75, 3.05) is 13.2 Å². The van der Waals surface area contributed by atoms with Gasteiger partial charge in [-0.05, 0) is 42.0 Å². The van der Waals surface area contributed by atoms with Crippen LogP contribution in [0.4, 0.5) is 4.39 Å². The molecule has 3 rings (SSSR count). The summed E-state index contributed by atoms with van der Waals surface area (Å²) in [7, 11) is -3.55. The summed E-state index contributed by atoms with van der Waals surface area (Å²) in [6, 6.07) is 9.57. The summed E-state index contributed by atoms with van der Waals surface area (Å²) >= 11 is 1.54. The van der Waals surface area contributed by atoms with E-state index in [1.54, 1.807) is 21.7 Å². The highest BCUT2D eigenvalue weighted by Crippen LogP contribution is 2.25. The summed E-state index contributed by atoms with van der Waals surface area (Å²) in [4.78, 5) is 1.00. The molecule has 7 heteroatoms. The summed E-state index contributed by atoms with van der Waals surface area (Å²) in [5.41, 5.74) is 0.471. The van der Waals surface area contributed by atoms with E-state index in [9.17, 15) is 12.8 Å². The molecule has 0 radical (unpaired) electrons. The van der Waals surface area contributed by atoms with Crippen LogP contribution in [-0.2, 0) is 27.1 Å². The molecule has 0 atom stereocenters. The molecule has 1 aliphatic rings. The van der Waals surface area contributed by atoms with E-state index in [4.69, 9.17) is 4.74 Å². The lowest BCUT2D eigenvalue weighted by Crippen LogP contribution is -2.43. The van der Waals surface area contributed by atoms with Crippen molar-refractivity contribution in [2.45, 2.75) is 31.2 Å². The lowest BCUT2D eigenvalue weighted by Gasteiger charge is -2.33. The van der Waals surface area contributed by atoms with Gasteiger partial charge in [-0.3, -0.25) is 0 Å². The van der Waals surface area contributed by atoms with Crippen LogP contribution < -0.4 is 0 Å². The topological polar surface area (TPSA) is 46.6 Å². The highest BCUT2D eigenvalue weighted by molar-refractivity contribution is 7.88. The van der Waals surface area contributed by atoms with Crippen LogP contribution in [0.25, 0.3) is 0 Å². The Balaban J connectivity index is 1.84. The molecule has 1 aromatic carbocycles. The summed E-state index contributed by atoms with van der Waals surface area (Å²) in [5, 5.41) is 1.94. The van der Waals surface area contributed by atoms with Crippen LogP contribution in [0.5, 0.6) is 0 Å². The minimum atomic E-state index is -3.55. The molecule has 0 spiro atoms. The van der Waals surface area contributed by atoms with E-state index < -0.39 is 15.8 Å². The first kappa shape index (κ1) is 17.5. The molecule has 24 heavy (non-hydrogen) atoms. The normalized spacial score (nSPS) is 16.6. The minimum absolute atomic E-state index is 0.0700. The van der Waals surface area contributed by atoms with Crippen LogP contribution in [0.15, 0.2) is 41.8 Å². The van der Waals surface area contributed by atoms with Crippen molar-refractivity contribution in [1.82, 2.24) is 4.31 Å². The molecular weight excluding hydrogens is 349 g/mol. The molecule has 0 bridgehead atoms. The van der Waals surface area contributed by atoms with Gasteiger partial charge in [-0.15, -0.1) is 11.3 Å². The highest BCUT2D eigenvalue weighted by atomic mass is 32.2. The zero-order chi connectivity index (χ0) is 17.0. The second kappa shape index (κ2) is 7.74. The van der Waals surface area contributed by atoms with Crippen LogP contribution in [0, 0.1) is 5.82 Å². The van der Waals surface area contributed by atoms with E-state index in [2.05, 4.69) is 0 Å². The average Bonchev–Trinajstić information content (AvgIpc) is 3.06. The predicted octanol–water partition coefficient (Wildman–Crippen LogP) is 3.40. The molecule has 130 valence electrons. The van der Waals surface area contributed by atoms with Crippen LogP contribution >= 0.6 is 11.3 Å². The van der Waals surface area contributed by atoms with Crippen molar-refractivity contribution in [3.8, 4) is 0 Å². The van der Waals surface area contributed by atoms with Gasteiger partial charge in [0.25, 0.3) is 0 Å². The van der Waals surface area contributed by atoms with Crippen molar-refractivity contribution in [1.29, 1.82) is 0 Å². The van der Waals surface area contributed by atoms with Gasteiger partial charge in [0.1, 0.15) is 5.82 Å². The molecule has 1 aliphatic heterocycles. The maximum absolute atomic E-state index is 13.4. The second-order valence-electron chi connectivity index (χ2n) is 5.85. The molecule has 0 N–H and O–H groups in total. The molecular formula is C17H20FNO3S2. The largest absolute Gasteiger partial charge is 0.381 e. The first-order chi connectivity index (χ1) is 11.5. The fraction of sp³-hybridized carbons (Fsp3) is 0.412. The Morgan fingerprint density at radius 2 is 2.00 bits per heavy atom. The molecule has 0 saturated carbocycles. The van der Waals surface area contributed by atoms with Crippen molar-refractivity contribution in [3.05, 3.63) is 58.0 Å². The molecule has 1 saturated heterocycles. The molecule has 0 aliphatic carbocycles. The maximum atomic E-state index is 13.4. The number of sulfonamides is 1. The van der Waals surface area contributed by atoms with E-state index in [1.165, 1.54) is 18.2 Å². The van der Waals surface area contributed by atoms with E-state index in [0.717, 1.165) is 4.88 Å². The molecule has 2 heterocycles. The molecule has 1 aromatic heterocycles. The SMILES string of the molecule is O=S(=O)(Cc1cccc(F)c1)N(Cc1cccs1)C1CCOCC1. The lowest BCUT2D eigenvalue weighted by atomic mass is 10.1. The van der Waals surface area contributed by atoms with Gasteiger partial charge < -0.3 is 4.74 Å². The summed E-state index contributed by atoms with van der Waals surface area (Å²) in [5.74, 6) is -0.605. The first-order valence-electron chi connectivity index (χ1n) is 7.89. The van der Waals surface area contributed by atoms with Gasteiger partial charge in [-0.25, -0.2) is 12.8 Å². The van der Waals surface area contributed by atoms with Gasteiger partial charge in [-0.1, -0.05) is 18.2 Å². The number of ether oxygens (including phenoxy) is 1. The van der Waals surface area contributed by atoms with Crippen molar-refractivity contribution in [3.63, 3.8) is 0 Å². The summed E-state index contributed by atoms with van der Waals surface area (Å²) < 4.78 is 46.3. The number of halogens is 1. The third-order valence-corrected chi connectivity index (χ3v) is 6.79. The summed E-state index contributed by atoms with van der Waals surface area (Å²) in [6.07, 6.45) is 1.38.